The Bertz CT molecular complexity index is 120. The van der Waals surface area contributed by atoms with Gasteiger partial charge in [-0.15, -0.1) is 10.1 Å². The molecule has 0 aromatic heterocycles. The van der Waals surface area contributed by atoms with Gasteiger partial charge in [0.1, 0.15) is 6.10 Å². The first-order chi connectivity index (χ1) is 4.79. The van der Waals surface area contributed by atoms with Gasteiger partial charge in [-0.25, -0.2) is 0 Å². The van der Waals surface area contributed by atoms with Crippen molar-refractivity contribution >= 4 is 0 Å². The molecule has 0 amide bonds. The van der Waals surface area contributed by atoms with E-state index >= 15 is 0 Å². The van der Waals surface area contributed by atoms with Gasteiger partial charge in [0.25, 0.3) is 5.09 Å². The molecular formula is C6H10NO3. The minimum absolute atomic E-state index is 0.153. The smallest absolute Gasteiger partial charge is 0.294 e. The summed E-state index contributed by atoms with van der Waals surface area (Å²) < 4.78 is 0. The molecule has 0 saturated heterocycles. The van der Waals surface area contributed by atoms with E-state index in [4.69, 9.17) is 0 Å². The SMILES string of the molecule is O=[N+]([O-])OC1CC[CH]CC1. The van der Waals surface area contributed by atoms with E-state index in [-0.39, 0.29) is 6.10 Å². The molecule has 0 heterocycles. The fourth-order valence-corrected chi connectivity index (χ4v) is 1.12. The third-order valence-corrected chi connectivity index (χ3v) is 1.62. The van der Waals surface area contributed by atoms with Crippen molar-refractivity contribution in [2.75, 3.05) is 0 Å². The fourth-order valence-electron chi connectivity index (χ4n) is 1.12. The number of hydrogen-bond donors (Lipinski definition) is 0. The molecule has 1 aliphatic carbocycles. The maximum Gasteiger partial charge on any atom is 0.294 e. The van der Waals surface area contributed by atoms with E-state index in [0.29, 0.717) is 0 Å². The van der Waals surface area contributed by atoms with Gasteiger partial charge in [-0.3, -0.25) is 0 Å². The molecule has 10 heavy (non-hydrogen) atoms. The largest absolute Gasteiger partial charge is 0.311 e. The molecule has 0 aromatic carbocycles. The lowest BCUT2D eigenvalue weighted by molar-refractivity contribution is -0.769. The van der Waals surface area contributed by atoms with Gasteiger partial charge in [0.15, 0.2) is 0 Å². The van der Waals surface area contributed by atoms with Crippen molar-refractivity contribution in [1.29, 1.82) is 0 Å². The first-order valence-electron chi connectivity index (χ1n) is 3.42. The third kappa shape index (κ3) is 2.21. The summed E-state index contributed by atoms with van der Waals surface area (Å²) in [5.74, 6) is 0. The zero-order valence-corrected chi connectivity index (χ0v) is 5.66. The normalized spacial score (nSPS) is 20.4. The predicted octanol–water partition coefficient (Wildman–Crippen LogP) is 1.34. The number of rotatable bonds is 2. The second-order valence-electron chi connectivity index (χ2n) is 2.39. The Balaban J connectivity index is 2.19. The number of hydrogen-bond acceptors (Lipinski definition) is 3. The van der Waals surface area contributed by atoms with Crippen LogP contribution in [0.15, 0.2) is 0 Å². The first kappa shape index (κ1) is 7.31. The van der Waals surface area contributed by atoms with Crippen molar-refractivity contribution in [2.24, 2.45) is 0 Å². The summed E-state index contributed by atoms with van der Waals surface area (Å²) in [7, 11) is 0. The van der Waals surface area contributed by atoms with Gasteiger partial charge in [0.2, 0.25) is 0 Å². The summed E-state index contributed by atoms with van der Waals surface area (Å²) in [6, 6.07) is 0. The highest BCUT2D eigenvalue weighted by atomic mass is 17.0. The summed E-state index contributed by atoms with van der Waals surface area (Å²) in [5.41, 5.74) is 0. The molecular weight excluding hydrogens is 134 g/mol. The second-order valence-corrected chi connectivity index (χ2v) is 2.39. The summed E-state index contributed by atoms with van der Waals surface area (Å²) in [6.07, 6.45) is 5.46. The lowest BCUT2D eigenvalue weighted by atomic mass is 9.98. The highest BCUT2D eigenvalue weighted by Crippen LogP contribution is 2.19. The Morgan fingerprint density at radius 3 is 2.60 bits per heavy atom. The zero-order chi connectivity index (χ0) is 7.40. The fraction of sp³-hybridized carbons (Fsp3) is 0.833. The Morgan fingerprint density at radius 2 is 2.10 bits per heavy atom. The summed E-state index contributed by atoms with van der Waals surface area (Å²) in [4.78, 5) is 14.2. The van der Waals surface area contributed by atoms with Crippen LogP contribution in [0.1, 0.15) is 25.7 Å². The molecule has 0 atom stereocenters. The van der Waals surface area contributed by atoms with E-state index in [2.05, 4.69) is 11.3 Å². The molecule has 0 N–H and O–H groups in total. The monoisotopic (exact) mass is 144 g/mol. The summed E-state index contributed by atoms with van der Waals surface area (Å²) in [5, 5.41) is 9.14. The van der Waals surface area contributed by atoms with Crippen LogP contribution in [0.4, 0.5) is 0 Å². The minimum Gasteiger partial charge on any atom is -0.311 e. The van der Waals surface area contributed by atoms with Gasteiger partial charge in [-0.2, -0.15) is 0 Å². The lowest BCUT2D eigenvalue weighted by Gasteiger charge is -2.18. The Morgan fingerprint density at radius 1 is 1.50 bits per heavy atom. The second kappa shape index (κ2) is 3.39. The van der Waals surface area contributed by atoms with Gasteiger partial charge in [0.05, 0.1) is 0 Å². The molecule has 1 aliphatic rings. The molecule has 0 bridgehead atoms. The van der Waals surface area contributed by atoms with Gasteiger partial charge in [-0.1, -0.05) is 0 Å². The molecule has 1 saturated carbocycles. The maximum absolute atomic E-state index is 9.84. The summed E-state index contributed by atoms with van der Waals surface area (Å²) >= 11 is 0. The Kier molecular flexibility index (Phi) is 2.48. The van der Waals surface area contributed by atoms with Crippen LogP contribution in [0.25, 0.3) is 0 Å². The van der Waals surface area contributed by atoms with Crippen LogP contribution in [-0.2, 0) is 4.84 Å². The average molecular weight is 144 g/mol. The van der Waals surface area contributed by atoms with Crippen LogP contribution in [0.5, 0.6) is 0 Å². The van der Waals surface area contributed by atoms with Gasteiger partial charge < -0.3 is 4.84 Å². The van der Waals surface area contributed by atoms with E-state index in [1.807, 2.05) is 0 Å². The standard InChI is InChI=1S/C6H10NO3/c8-7(9)10-6-4-2-1-3-5-6/h1,6H,2-5H2. The maximum atomic E-state index is 9.84. The molecule has 0 unspecified atom stereocenters. The molecule has 1 rings (SSSR count). The van der Waals surface area contributed by atoms with Gasteiger partial charge in [0, 0.05) is 0 Å². The molecule has 0 aliphatic heterocycles. The molecule has 4 heteroatoms. The van der Waals surface area contributed by atoms with Gasteiger partial charge in [-0.05, 0) is 32.1 Å². The van der Waals surface area contributed by atoms with Crippen LogP contribution in [0.2, 0.25) is 0 Å². The van der Waals surface area contributed by atoms with Crippen LogP contribution in [0.3, 0.4) is 0 Å². The van der Waals surface area contributed by atoms with Crippen LogP contribution < -0.4 is 0 Å². The first-order valence-corrected chi connectivity index (χ1v) is 3.42. The summed E-state index contributed by atoms with van der Waals surface area (Å²) in [6.45, 7) is 0. The van der Waals surface area contributed by atoms with Crippen molar-refractivity contribution in [1.82, 2.24) is 0 Å². The highest BCUT2D eigenvalue weighted by molar-refractivity contribution is 4.75. The van der Waals surface area contributed by atoms with Crippen LogP contribution in [0, 0.1) is 16.5 Å². The molecule has 1 fully saturated rings. The zero-order valence-electron chi connectivity index (χ0n) is 5.66. The number of nitrogens with zero attached hydrogens (tertiary/aromatic N) is 1. The lowest BCUT2D eigenvalue weighted by Crippen LogP contribution is -2.19. The quantitative estimate of drug-likeness (QED) is 0.434. The Labute approximate surface area is 59.3 Å². The van der Waals surface area contributed by atoms with Crippen molar-refractivity contribution in [2.45, 2.75) is 31.8 Å². The molecule has 57 valence electrons. The van der Waals surface area contributed by atoms with Crippen molar-refractivity contribution < 1.29 is 9.92 Å². The molecule has 4 nitrogen and oxygen atoms in total. The topological polar surface area (TPSA) is 52.4 Å². The predicted molar refractivity (Wildman–Crippen MR) is 34.6 cm³/mol. The minimum atomic E-state index is -0.698. The van der Waals surface area contributed by atoms with E-state index < -0.39 is 5.09 Å². The Hall–Kier alpha value is -0.800. The highest BCUT2D eigenvalue weighted by Gasteiger charge is 2.16. The van der Waals surface area contributed by atoms with Crippen LogP contribution in [-0.4, -0.2) is 11.2 Å². The molecule has 0 aromatic rings. The van der Waals surface area contributed by atoms with Crippen molar-refractivity contribution in [3.63, 3.8) is 0 Å². The van der Waals surface area contributed by atoms with E-state index in [9.17, 15) is 10.1 Å². The van der Waals surface area contributed by atoms with E-state index in [0.717, 1.165) is 25.7 Å². The van der Waals surface area contributed by atoms with Crippen molar-refractivity contribution in [3.05, 3.63) is 16.5 Å². The third-order valence-electron chi connectivity index (χ3n) is 1.62. The van der Waals surface area contributed by atoms with Gasteiger partial charge >= 0.3 is 0 Å². The molecule has 0 spiro atoms. The van der Waals surface area contributed by atoms with Crippen molar-refractivity contribution in [3.8, 4) is 0 Å². The average Bonchev–Trinajstić information content (AvgIpc) is 1.88. The van der Waals surface area contributed by atoms with E-state index in [1.165, 1.54) is 0 Å². The van der Waals surface area contributed by atoms with E-state index in [1.54, 1.807) is 0 Å². The van der Waals surface area contributed by atoms with Crippen LogP contribution >= 0.6 is 0 Å². The molecule has 1 radical (unpaired) electrons.